The molecule has 1 aromatic heterocycles. The number of amides is 2. The Hall–Kier alpha value is -1.43. The molecule has 1 aromatic rings. The third-order valence-corrected chi connectivity index (χ3v) is 3.70. The summed E-state index contributed by atoms with van der Waals surface area (Å²) in [5.74, 6) is -0.238. The summed E-state index contributed by atoms with van der Waals surface area (Å²) in [6.45, 7) is 0.615. The molecule has 102 valence electrons. The van der Waals surface area contributed by atoms with Crippen LogP contribution in [-0.4, -0.2) is 41.3 Å². The van der Waals surface area contributed by atoms with Gasteiger partial charge in [-0.2, -0.15) is 0 Å². The van der Waals surface area contributed by atoms with Crippen LogP contribution in [0.25, 0.3) is 0 Å². The Morgan fingerprint density at radius 1 is 1.42 bits per heavy atom. The molecule has 0 spiro atoms. The summed E-state index contributed by atoms with van der Waals surface area (Å²) in [7, 11) is 1.60. The number of carbonyl (C=O) groups excluding carboxylic acids is 2. The fourth-order valence-electron chi connectivity index (χ4n) is 2.31. The van der Waals surface area contributed by atoms with Crippen LogP contribution in [0.2, 0.25) is 0 Å². The SMILES string of the molecule is CNC(=O)C1CCCCN1C(=O)c1cncc(Br)c1. The van der Waals surface area contributed by atoms with Crippen molar-refractivity contribution < 1.29 is 9.59 Å². The molecule has 1 aliphatic heterocycles. The molecule has 0 aliphatic carbocycles. The van der Waals surface area contributed by atoms with E-state index in [2.05, 4.69) is 26.2 Å². The molecule has 1 aliphatic rings. The topological polar surface area (TPSA) is 62.3 Å². The van der Waals surface area contributed by atoms with Crippen molar-refractivity contribution in [2.75, 3.05) is 13.6 Å². The van der Waals surface area contributed by atoms with E-state index in [0.717, 1.165) is 17.3 Å². The van der Waals surface area contributed by atoms with Gasteiger partial charge in [0.2, 0.25) is 5.91 Å². The highest BCUT2D eigenvalue weighted by Gasteiger charge is 2.32. The highest BCUT2D eigenvalue weighted by atomic mass is 79.9. The van der Waals surface area contributed by atoms with Gasteiger partial charge < -0.3 is 10.2 Å². The number of hydrogen-bond donors (Lipinski definition) is 1. The Bertz CT molecular complexity index is 493. The van der Waals surface area contributed by atoms with Crippen molar-refractivity contribution in [1.82, 2.24) is 15.2 Å². The van der Waals surface area contributed by atoms with Crippen LogP contribution in [0.5, 0.6) is 0 Å². The Balaban J connectivity index is 2.22. The van der Waals surface area contributed by atoms with Crippen molar-refractivity contribution in [3.05, 3.63) is 28.5 Å². The maximum absolute atomic E-state index is 12.5. The fraction of sp³-hybridized carbons (Fsp3) is 0.462. The lowest BCUT2D eigenvalue weighted by Crippen LogP contribution is -2.51. The largest absolute Gasteiger partial charge is 0.357 e. The van der Waals surface area contributed by atoms with Crippen molar-refractivity contribution in [2.24, 2.45) is 0 Å². The van der Waals surface area contributed by atoms with Gasteiger partial charge in [-0.1, -0.05) is 0 Å². The summed E-state index contributed by atoms with van der Waals surface area (Å²) < 4.78 is 0.756. The number of carbonyl (C=O) groups is 2. The van der Waals surface area contributed by atoms with Gasteiger partial charge in [-0.25, -0.2) is 0 Å². The van der Waals surface area contributed by atoms with E-state index in [4.69, 9.17) is 0 Å². The maximum atomic E-state index is 12.5. The van der Waals surface area contributed by atoms with Gasteiger partial charge in [0.05, 0.1) is 5.56 Å². The molecule has 1 unspecified atom stereocenters. The van der Waals surface area contributed by atoms with E-state index in [0.29, 0.717) is 18.5 Å². The second kappa shape index (κ2) is 6.14. The zero-order chi connectivity index (χ0) is 13.8. The van der Waals surface area contributed by atoms with Crippen LogP contribution in [0, 0.1) is 0 Å². The molecule has 19 heavy (non-hydrogen) atoms. The zero-order valence-corrected chi connectivity index (χ0v) is 12.3. The number of nitrogens with one attached hydrogen (secondary N) is 1. The van der Waals surface area contributed by atoms with Gasteiger partial charge in [0.25, 0.3) is 5.91 Å². The molecule has 2 heterocycles. The van der Waals surface area contributed by atoms with Gasteiger partial charge in [-0.15, -0.1) is 0 Å². The third-order valence-electron chi connectivity index (χ3n) is 3.26. The fourth-order valence-corrected chi connectivity index (χ4v) is 2.67. The molecule has 1 saturated heterocycles. The Kier molecular flexibility index (Phi) is 4.52. The smallest absolute Gasteiger partial charge is 0.256 e. The van der Waals surface area contributed by atoms with Crippen LogP contribution in [0.1, 0.15) is 29.6 Å². The van der Waals surface area contributed by atoms with Gasteiger partial charge in [0.1, 0.15) is 6.04 Å². The average molecular weight is 326 g/mol. The summed E-state index contributed by atoms with van der Waals surface area (Å²) in [5.41, 5.74) is 0.505. The van der Waals surface area contributed by atoms with E-state index in [1.165, 1.54) is 6.20 Å². The number of rotatable bonds is 2. The molecule has 0 saturated carbocycles. The first-order chi connectivity index (χ1) is 9.13. The number of halogens is 1. The van der Waals surface area contributed by atoms with E-state index >= 15 is 0 Å². The first-order valence-corrected chi connectivity index (χ1v) is 7.06. The number of likely N-dealkylation sites (N-methyl/N-ethyl adjacent to an activating group) is 1. The van der Waals surface area contributed by atoms with Crippen LogP contribution < -0.4 is 5.32 Å². The van der Waals surface area contributed by atoms with E-state index in [1.807, 2.05) is 0 Å². The van der Waals surface area contributed by atoms with Gasteiger partial charge in [-0.05, 0) is 41.3 Å². The minimum Gasteiger partial charge on any atom is -0.357 e. The van der Waals surface area contributed by atoms with Crippen molar-refractivity contribution in [2.45, 2.75) is 25.3 Å². The van der Waals surface area contributed by atoms with Gasteiger partial charge in [-0.3, -0.25) is 14.6 Å². The molecule has 0 radical (unpaired) electrons. The standard InChI is InChI=1S/C13H16BrN3O2/c1-15-12(18)11-4-2-3-5-17(11)13(19)9-6-10(14)8-16-7-9/h6-8,11H,2-5H2,1H3,(H,15,18). The van der Waals surface area contributed by atoms with Crippen molar-refractivity contribution >= 4 is 27.7 Å². The van der Waals surface area contributed by atoms with Gasteiger partial charge in [0, 0.05) is 30.5 Å². The van der Waals surface area contributed by atoms with E-state index < -0.39 is 0 Å². The van der Waals surface area contributed by atoms with E-state index in [-0.39, 0.29) is 17.9 Å². The van der Waals surface area contributed by atoms with E-state index in [9.17, 15) is 9.59 Å². The zero-order valence-electron chi connectivity index (χ0n) is 10.7. The van der Waals surface area contributed by atoms with E-state index in [1.54, 1.807) is 24.2 Å². The second-order valence-corrected chi connectivity index (χ2v) is 5.43. The van der Waals surface area contributed by atoms with Crippen LogP contribution >= 0.6 is 15.9 Å². The second-order valence-electron chi connectivity index (χ2n) is 4.52. The molecule has 2 rings (SSSR count). The lowest BCUT2D eigenvalue weighted by Gasteiger charge is -2.34. The van der Waals surface area contributed by atoms with Crippen LogP contribution in [-0.2, 0) is 4.79 Å². The number of piperidine rings is 1. The summed E-state index contributed by atoms with van der Waals surface area (Å²) in [6, 6.07) is 1.36. The molecule has 2 amide bonds. The minimum absolute atomic E-state index is 0.101. The molecule has 1 fully saturated rings. The quantitative estimate of drug-likeness (QED) is 0.898. The number of pyridine rings is 1. The first-order valence-electron chi connectivity index (χ1n) is 6.26. The third kappa shape index (κ3) is 3.12. The molecule has 1 N–H and O–H groups in total. The monoisotopic (exact) mass is 325 g/mol. The number of hydrogen-bond acceptors (Lipinski definition) is 3. The number of likely N-dealkylation sites (tertiary alicyclic amines) is 1. The van der Waals surface area contributed by atoms with Gasteiger partial charge in [0.15, 0.2) is 0 Å². The predicted molar refractivity (Wildman–Crippen MR) is 74.7 cm³/mol. The lowest BCUT2D eigenvalue weighted by atomic mass is 10.0. The Morgan fingerprint density at radius 2 is 2.21 bits per heavy atom. The summed E-state index contributed by atoms with van der Waals surface area (Å²) in [5, 5.41) is 2.62. The summed E-state index contributed by atoms with van der Waals surface area (Å²) in [6.07, 6.45) is 5.78. The molecule has 1 atom stereocenters. The predicted octanol–water partition coefficient (Wildman–Crippen LogP) is 1.58. The molecule has 0 bridgehead atoms. The first kappa shape index (κ1) is 14.0. The number of aromatic nitrogens is 1. The molecular formula is C13H16BrN3O2. The minimum atomic E-state index is -0.370. The molecule has 0 aromatic carbocycles. The summed E-state index contributed by atoms with van der Waals surface area (Å²) in [4.78, 5) is 30.0. The van der Waals surface area contributed by atoms with Gasteiger partial charge >= 0.3 is 0 Å². The van der Waals surface area contributed by atoms with Crippen LogP contribution in [0.15, 0.2) is 22.9 Å². The molecule has 6 heteroatoms. The highest BCUT2D eigenvalue weighted by molar-refractivity contribution is 9.10. The van der Waals surface area contributed by atoms with Crippen molar-refractivity contribution in [3.63, 3.8) is 0 Å². The normalized spacial score (nSPS) is 19.1. The van der Waals surface area contributed by atoms with Crippen LogP contribution in [0.4, 0.5) is 0 Å². The van der Waals surface area contributed by atoms with Crippen molar-refractivity contribution in [1.29, 1.82) is 0 Å². The Morgan fingerprint density at radius 3 is 2.89 bits per heavy atom. The van der Waals surface area contributed by atoms with Crippen molar-refractivity contribution in [3.8, 4) is 0 Å². The number of nitrogens with zero attached hydrogens (tertiary/aromatic N) is 2. The lowest BCUT2D eigenvalue weighted by molar-refractivity contribution is -0.126. The van der Waals surface area contributed by atoms with Crippen LogP contribution in [0.3, 0.4) is 0 Å². The highest BCUT2D eigenvalue weighted by Crippen LogP contribution is 2.20. The molecule has 5 nitrogen and oxygen atoms in total. The Labute approximate surface area is 120 Å². The molecular weight excluding hydrogens is 310 g/mol. The maximum Gasteiger partial charge on any atom is 0.256 e. The summed E-state index contributed by atoms with van der Waals surface area (Å²) >= 11 is 3.30. The average Bonchev–Trinajstić information content (AvgIpc) is 2.45.